The van der Waals surface area contributed by atoms with Gasteiger partial charge in [0.15, 0.2) is 0 Å². The number of benzene rings is 4. The van der Waals surface area contributed by atoms with Crippen LogP contribution in [0, 0.1) is 0 Å². The average molecular weight is 694 g/mol. The molecule has 4 rings (SSSR count). The quantitative estimate of drug-likeness (QED) is 0.137. The van der Waals surface area contributed by atoms with Gasteiger partial charge in [-0.15, -0.1) is 11.8 Å². The average Bonchev–Trinajstić information content (AvgIpc) is 3.06. The van der Waals surface area contributed by atoms with E-state index in [0.29, 0.717) is 22.9 Å². The van der Waals surface area contributed by atoms with Crippen molar-refractivity contribution in [3.05, 3.63) is 119 Å². The molecule has 0 saturated heterocycles. The lowest BCUT2D eigenvalue weighted by molar-refractivity contribution is -0.140. The molecule has 0 aliphatic rings. The van der Waals surface area contributed by atoms with E-state index in [1.54, 1.807) is 54.6 Å². The summed E-state index contributed by atoms with van der Waals surface area (Å²) in [6, 6.07) is 28.4. The maximum atomic E-state index is 14.6. The van der Waals surface area contributed by atoms with E-state index in [4.69, 9.17) is 16.3 Å². The molecule has 248 valence electrons. The van der Waals surface area contributed by atoms with Crippen molar-refractivity contribution in [2.75, 3.05) is 23.7 Å². The van der Waals surface area contributed by atoms with Crippen LogP contribution in [0.25, 0.3) is 0 Å². The van der Waals surface area contributed by atoms with Crippen molar-refractivity contribution >= 4 is 50.9 Å². The number of nitrogens with one attached hydrogen (secondary N) is 1. The van der Waals surface area contributed by atoms with Crippen LogP contribution in [0.4, 0.5) is 5.69 Å². The second-order valence-corrected chi connectivity index (χ2v) is 14.3. The molecule has 0 saturated carbocycles. The molecule has 0 aliphatic carbocycles. The number of hydrogen-bond acceptors (Lipinski definition) is 6. The summed E-state index contributed by atoms with van der Waals surface area (Å²) in [5, 5.41) is 3.44. The number of sulfonamides is 1. The lowest BCUT2D eigenvalue weighted by Crippen LogP contribution is -2.54. The monoisotopic (exact) mass is 693 g/mol. The highest BCUT2D eigenvalue weighted by Crippen LogP contribution is 2.28. The maximum absolute atomic E-state index is 14.6. The molecule has 0 aliphatic heterocycles. The summed E-state index contributed by atoms with van der Waals surface area (Å²) in [6.07, 6.45) is 2.13. The Morgan fingerprint density at radius 1 is 0.894 bits per heavy atom. The largest absolute Gasteiger partial charge is 0.494 e. The molecule has 0 unspecified atom stereocenters. The zero-order chi connectivity index (χ0) is 34.0. The van der Waals surface area contributed by atoms with E-state index in [-0.39, 0.29) is 35.5 Å². The lowest BCUT2D eigenvalue weighted by Gasteiger charge is -2.34. The molecule has 1 atom stereocenters. The highest BCUT2D eigenvalue weighted by Gasteiger charge is 2.35. The van der Waals surface area contributed by atoms with Crippen molar-refractivity contribution in [2.24, 2.45) is 0 Å². The van der Waals surface area contributed by atoms with E-state index >= 15 is 0 Å². The number of hydrogen-bond donors (Lipinski definition) is 1. The van der Waals surface area contributed by atoms with Crippen LogP contribution in [0.15, 0.2) is 113 Å². The first kappa shape index (κ1) is 35.9. The van der Waals surface area contributed by atoms with Crippen molar-refractivity contribution in [3.8, 4) is 5.75 Å². The second-order valence-electron chi connectivity index (χ2n) is 11.1. The minimum Gasteiger partial charge on any atom is -0.494 e. The number of carbonyl (C=O) groups is 2. The highest BCUT2D eigenvalue weighted by atomic mass is 35.5. The Morgan fingerprint density at radius 3 is 2.15 bits per heavy atom. The molecule has 4 aromatic carbocycles. The van der Waals surface area contributed by atoms with Gasteiger partial charge in [0.2, 0.25) is 11.8 Å². The van der Waals surface area contributed by atoms with Crippen molar-refractivity contribution in [3.63, 3.8) is 0 Å². The highest BCUT2D eigenvalue weighted by molar-refractivity contribution is 7.98. The van der Waals surface area contributed by atoms with Crippen molar-refractivity contribution in [2.45, 2.75) is 55.6 Å². The Morgan fingerprint density at radius 2 is 1.55 bits per heavy atom. The third-order valence-electron chi connectivity index (χ3n) is 7.31. The number of anilines is 1. The Kier molecular flexibility index (Phi) is 12.8. The minimum atomic E-state index is -4.22. The Bertz CT molecular complexity index is 1730. The molecular formula is C36H40ClN3O5S2. The van der Waals surface area contributed by atoms with Crippen LogP contribution in [-0.4, -0.2) is 56.6 Å². The fourth-order valence-corrected chi connectivity index (χ4v) is 7.08. The van der Waals surface area contributed by atoms with Gasteiger partial charge in [0.05, 0.1) is 17.2 Å². The number of rotatable bonds is 15. The standard InChI is InChI=1S/C36H40ClN3O5S2/c1-5-45-31-16-14-30(15-17-31)40(47(43,44)33-20-18-32(46-4)19-21-33)25-35(41)39(24-28-12-9-13-29(37)22-28)34(36(42)38-26(2)3)23-27-10-7-6-8-11-27/h6-22,26,34H,5,23-25H2,1-4H3,(H,38,42)/t34-/m1/s1. The third kappa shape index (κ3) is 9.76. The number of halogens is 1. The predicted octanol–water partition coefficient (Wildman–Crippen LogP) is 6.82. The fourth-order valence-electron chi connectivity index (χ4n) is 5.05. The van der Waals surface area contributed by atoms with Gasteiger partial charge in [0.25, 0.3) is 10.0 Å². The molecule has 0 bridgehead atoms. The molecule has 0 spiro atoms. The smallest absolute Gasteiger partial charge is 0.264 e. The van der Waals surface area contributed by atoms with Crippen LogP contribution in [-0.2, 0) is 32.6 Å². The molecule has 4 aromatic rings. The molecular weight excluding hydrogens is 654 g/mol. The lowest BCUT2D eigenvalue weighted by atomic mass is 10.0. The minimum absolute atomic E-state index is 0.0298. The zero-order valence-corrected chi connectivity index (χ0v) is 29.3. The van der Waals surface area contributed by atoms with Crippen LogP contribution in [0.1, 0.15) is 31.9 Å². The molecule has 0 fully saturated rings. The van der Waals surface area contributed by atoms with Crippen molar-refractivity contribution in [1.29, 1.82) is 0 Å². The Hall–Kier alpha value is -3.99. The van der Waals surface area contributed by atoms with Crippen LogP contribution in [0.3, 0.4) is 0 Å². The van der Waals surface area contributed by atoms with E-state index in [2.05, 4.69) is 5.32 Å². The Balaban J connectivity index is 1.81. The van der Waals surface area contributed by atoms with Gasteiger partial charge in [0.1, 0.15) is 18.3 Å². The topological polar surface area (TPSA) is 96.0 Å². The summed E-state index contributed by atoms with van der Waals surface area (Å²) < 4.78 is 35.2. The van der Waals surface area contributed by atoms with Crippen molar-refractivity contribution in [1.82, 2.24) is 10.2 Å². The van der Waals surface area contributed by atoms with Gasteiger partial charge >= 0.3 is 0 Å². The van der Waals surface area contributed by atoms with E-state index in [1.807, 2.05) is 63.4 Å². The van der Waals surface area contributed by atoms with Crippen LogP contribution < -0.4 is 14.4 Å². The van der Waals surface area contributed by atoms with E-state index in [0.717, 1.165) is 14.8 Å². The SMILES string of the molecule is CCOc1ccc(N(CC(=O)N(Cc2cccc(Cl)c2)[C@H](Cc2ccccc2)C(=O)NC(C)C)S(=O)(=O)c2ccc(SC)cc2)cc1. The predicted molar refractivity (Wildman–Crippen MR) is 190 cm³/mol. The van der Waals surface area contributed by atoms with Gasteiger partial charge in [-0.2, -0.15) is 0 Å². The molecule has 1 N–H and O–H groups in total. The molecule has 2 amide bonds. The van der Waals surface area contributed by atoms with Gasteiger partial charge < -0.3 is 15.0 Å². The van der Waals surface area contributed by atoms with Gasteiger partial charge in [-0.1, -0.05) is 54.1 Å². The van der Waals surface area contributed by atoms with Crippen molar-refractivity contribution < 1.29 is 22.7 Å². The van der Waals surface area contributed by atoms with Gasteiger partial charge in [0, 0.05) is 28.9 Å². The van der Waals surface area contributed by atoms with Gasteiger partial charge in [-0.05, 0) is 98.8 Å². The summed E-state index contributed by atoms with van der Waals surface area (Å²) in [4.78, 5) is 30.8. The summed E-state index contributed by atoms with van der Waals surface area (Å²) in [5.74, 6) is -0.328. The maximum Gasteiger partial charge on any atom is 0.264 e. The number of nitrogens with zero attached hydrogens (tertiary/aromatic N) is 2. The first-order chi connectivity index (χ1) is 22.5. The molecule has 0 aromatic heterocycles. The van der Waals surface area contributed by atoms with Crippen LogP contribution >= 0.6 is 23.4 Å². The molecule has 8 nitrogen and oxygen atoms in total. The first-order valence-corrected chi connectivity index (χ1v) is 18.3. The normalized spacial score (nSPS) is 12.0. The number of ether oxygens (including phenoxy) is 1. The molecule has 0 heterocycles. The summed E-state index contributed by atoms with van der Waals surface area (Å²) in [7, 11) is -4.22. The number of carbonyl (C=O) groups excluding carboxylic acids is 2. The molecule has 0 radical (unpaired) electrons. The van der Waals surface area contributed by atoms with E-state index < -0.39 is 28.5 Å². The van der Waals surface area contributed by atoms with E-state index in [1.165, 1.54) is 28.8 Å². The van der Waals surface area contributed by atoms with Gasteiger partial charge in [-0.25, -0.2) is 8.42 Å². The van der Waals surface area contributed by atoms with Gasteiger partial charge in [-0.3, -0.25) is 13.9 Å². The second kappa shape index (κ2) is 16.7. The molecule has 47 heavy (non-hydrogen) atoms. The van der Waals surface area contributed by atoms with Crippen LogP contribution in [0.5, 0.6) is 5.75 Å². The molecule has 11 heteroatoms. The Labute approximate surface area is 287 Å². The summed E-state index contributed by atoms with van der Waals surface area (Å²) in [5.41, 5.74) is 1.83. The number of thioether (sulfide) groups is 1. The summed E-state index contributed by atoms with van der Waals surface area (Å²) >= 11 is 7.81. The zero-order valence-electron chi connectivity index (χ0n) is 26.9. The first-order valence-electron chi connectivity index (χ1n) is 15.3. The van der Waals surface area contributed by atoms with Crippen LogP contribution in [0.2, 0.25) is 5.02 Å². The summed E-state index contributed by atoms with van der Waals surface area (Å²) in [6.45, 7) is 5.48. The fraction of sp³-hybridized carbons (Fsp3) is 0.278. The third-order valence-corrected chi connectivity index (χ3v) is 10.1. The number of amides is 2. The van der Waals surface area contributed by atoms with E-state index in [9.17, 15) is 18.0 Å².